The number of carbonyl (C=O) groups excluding carboxylic acids is 2. The van der Waals surface area contributed by atoms with Crippen LogP contribution in [0.25, 0.3) is 0 Å². The van der Waals surface area contributed by atoms with Crippen molar-refractivity contribution in [2.24, 2.45) is 0 Å². The van der Waals surface area contributed by atoms with E-state index in [0.29, 0.717) is 25.7 Å². The molecule has 0 aromatic heterocycles. The van der Waals surface area contributed by atoms with Gasteiger partial charge in [-0.2, -0.15) is 18.4 Å². The van der Waals surface area contributed by atoms with E-state index in [-0.39, 0.29) is 22.1 Å². The van der Waals surface area contributed by atoms with Gasteiger partial charge in [-0.15, -0.1) is 0 Å². The van der Waals surface area contributed by atoms with E-state index in [2.05, 4.69) is 5.32 Å². The molecule has 0 radical (unpaired) electrons. The summed E-state index contributed by atoms with van der Waals surface area (Å²) in [6.45, 7) is 0. The maximum absolute atomic E-state index is 14.8. The number of hydrogen-bond donors (Lipinski definition) is 1. The van der Waals surface area contributed by atoms with Crippen molar-refractivity contribution in [3.8, 4) is 6.07 Å². The molecule has 0 bridgehead atoms. The third kappa shape index (κ3) is 4.01. The third-order valence-electron chi connectivity index (χ3n) is 6.46. The summed E-state index contributed by atoms with van der Waals surface area (Å²) in [5, 5.41) is 11.4. The zero-order chi connectivity index (χ0) is 25.5. The average Bonchev–Trinajstić information content (AvgIpc) is 3.03. The minimum atomic E-state index is -4.81. The fraction of sp³-hybridized carbons (Fsp3) is 0.333. The Morgan fingerprint density at radius 3 is 2.34 bits per heavy atom. The molecule has 1 spiro atoms. The lowest BCUT2D eigenvalue weighted by atomic mass is 9.80. The number of thiocarbonyl (C=S) groups is 1. The Bertz CT molecular complexity index is 1270. The number of carbonyl (C=O) groups is 2. The number of rotatable bonds is 3. The van der Waals surface area contributed by atoms with Crippen LogP contribution in [0.2, 0.25) is 0 Å². The molecule has 2 aliphatic rings. The molecule has 2 fully saturated rings. The summed E-state index contributed by atoms with van der Waals surface area (Å²) in [6.07, 6.45) is -1.83. The minimum absolute atomic E-state index is 0.0955. The molecule has 11 heteroatoms. The van der Waals surface area contributed by atoms with Crippen LogP contribution in [0.1, 0.15) is 53.6 Å². The third-order valence-corrected chi connectivity index (χ3v) is 6.83. The van der Waals surface area contributed by atoms with E-state index in [1.54, 1.807) is 0 Å². The molecule has 182 valence electrons. The first kappa shape index (κ1) is 24.6. The fourth-order valence-corrected chi connectivity index (χ4v) is 5.27. The molecule has 1 saturated heterocycles. The van der Waals surface area contributed by atoms with Crippen LogP contribution in [-0.4, -0.2) is 29.5 Å². The SMILES string of the molecule is CNC(=O)c1ccc(N2C(=S)N(c3ccc(C#N)c(C(F)(F)F)c3)C(=O)C23CCCCC3)cc1F. The lowest BCUT2D eigenvalue weighted by molar-refractivity contribution is -0.137. The maximum Gasteiger partial charge on any atom is 0.417 e. The van der Waals surface area contributed by atoms with Gasteiger partial charge in [-0.25, -0.2) is 4.39 Å². The molecule has 2 aromatic carbocycles. The summed E-state index contributed by atoms with van der Waals surface area (Å²) >= 11 is 5.59. The Morgan fingerprint density at radius 1 is 1.11 bits per heavy atom. The van der Waals surface area contributed by atoms with E-state index in [4.69, 9.17) is 17.5 Å². The van der Waals surface area contributed by atoms with E-state index in [1.165, 1.54) is 36.2 Å². The van der Waals surface area contributed by atoms with Gasteiger partial charge in [0.05, 0.1) is 28.4 Å². The van der Waals surface area contributed by atoms with E-state index < -0.39 is 40.5 Å². The molecule has 1 N–H and O–H groups in total. The van der Waals surface area contributed by atoms with Gasteiger partial charge in [0.1, 0.15) is 11.4 Å². The topological polar surface area (TPSA) is 76.4 Å². The van der Waals surface area contributed by atoms with Gasteiger partial charge in [-0.3, -0.25) is 14.5 Å². The van der Waals surface area contributed by atoms with Gasteiger partial charge < -0.3 is 10.2 Å². The molecule has 1 heterocycles. The summed E-state index contributed by atoms with van der Waals surface area (Å²) in [4.78, 5) is 28.2. The Labute approximate surface area is 204 Å². The summed E-state index contributed by atoms with van der Waals surface area (Å²) < 4.78 is 55.6. The number of amides is 2. The normalized spacial score (nSPS) is 17.6. The first-order valence-corrected chi connectivity index (χ1v) is 11.3. The molecule has 1 aliphatic heterocycles. The highest BCUT2D eigenvalue weighted by Crippen LogP contribution is 2.46. The number of nitriles is 1. The standard InChI is InChI=1S/C24H20F4N4O2S/c1-30-20(33)17-8-7-16(12-19(17)25)32-22(35)31(21(34)23(32)9-3-2-4-10-23)15-6-5-14(13-29)18(11-15)24(26,27)28/h5-8,11-12H,2-4,9-10H2,1H3,(H,30,33). The number of benzene rings is 2. The lowest BCUT2D eigenvalue weighted by Gasteiger charge is -2.39. The molecule has 0 unspecified atom stereocenters. The molecule has 4 rings (SSSR count). The van der Waals surface area contributed by atoms with Gasteiger partial charge in [0.15, 0.2) is 5.11 Å². The Hall–Kier alpha value is -3.52. The average molecular weight is 505 g/mol. The molecule has 2 aromatic rings. The van der Waals surface area contributed by atoms with Gasteiger partial charge in [-0.05, 0) is 61.5 Å². The highest BCUT2D eigenvalue weighted by Gasteiger charge is 2.56. The number of alkyl halides is 3. The highest BCUT2D eigenvalue weighted by molar-refractivity contribution is 7.81. The Balaban J connectivity index is 1.85. The van der Waals surface area contributed by atoms with Gasteiger partial charge >= 0.3 is 6.18 Å². The largest absolute Gasteiger partial charge is 0.417 e. The van der Waals surface area contributed by atoms with Crippen molar-refractivity contribution in [1.29, 1.82) is 5.26 Å². The second-order valence-electron chi connectivity index (χ2n) is 8.43. The molecular formula is C24H20F4N4O2S. The predicted octanol–water partition coefficient (Wildman–Crippen LogP) is 4.92. The Morgan fingerprint density at radius 2 is 1.77 bits per heavy atom. The van der Waals surface area contributed by atoms with Gasteiger partial charge in [-0.1, -0.05) is 19.3 Å². The summed E-state index contributed by atoms with van der Waals surface area (Å²) in [7, 11) is 1.37. The van der Waals surface area contributed by atoms with Crippen LogP contribution in [0, 0.1) is 17.1 Å². The van der Waals surface area contributed by atoms with Crippen molar-refractivity contribution in [3.63, 3.8) is 0 Å². The van der Waals surface area contributed by atoms with Gasteiger partial charge in [0.25, 0.3) is 11.8 Å². The predicted molar refractivity (Wildman–Crippen MR) is 124 cm³/mol. The molecule has 35 heavy (non-hydrogen) atoms. The molecule has 1 aliphatic carbocycles. The summed E-state index contributed by atoms with van der Waals surface area (Å²) in [5.41, 5.74) is -3.03. The number of hydrogen-bond acceptors (Lipinski definition) is 4. The minimum Gasteiger partial charge on any atom is -0.355 e. The van der Waals surface area contributed by atoms with Crippen molar-refractivity contribution in [2.75, 3.05) is 16.8 Å². The van der Waals surface area contributed by atoms with Crippen LogP contribution in [0.5, 0.6) is 0 Å². The maximum atomic E-state index is 14.8. The van der Waals surface area contributed by atoms with Gasteiger partial charge in [0.2, 0.25) is 0 Å². The van der Waals surface area contributed by atoms with Crippen LogP contribution < -0.4 is 15.1 Å². The van der Waals surface area contributed by atoms with Crippen LogP contribution in [0.3, 0.4) is 0 Å². The van der Waals surface area contributed by atoms with Crippen LogP contribution in [0.15, 0.2) is 36.4 Å². The number of anilines is 2. The first-order chi connectivity index (χ1) is 16.5. The molecule has 1 saturated carbocycles. The van der Waals surface area contributed by atoms with E-state index in [9.17, 15) is 27.2 Å². The van der Waals surface area contributed by atoms with E-state index in [1.807, 2.05) is 0 Å². The van der Waals surface area contributed by atoms with Crippen LogP contribution in [0.4, 0.5) is 28.9 Å². The van der Waals surface area contributed by atoms with Crippen molar-refractivity contribution < 1.29 is 27.2 Å². The van der Waals surface area contributed by atoms with Crippen molar-refractivity contribution >= 4 is 40.5 Å². The quantitative estimate of drug-likeness (QED) is 0.475. The zero-order valence-electron chi connectivity index (χ0n) is 18.6. The monoisotopic (exact) mass is 504 g/mol. The van der Waals surface area contributed by atoms with Gasteiger partial charge in [0, 0.05) is 12.7 Å². The fourth-order valence-electron chi connectivity index (χ4n) is 4.80. The Kier molecular flexibility index (Phi) is 6.27. The van der Waals surface area contributed by atoms with Crippen LogP contribution >= 0.6 is 12.2 Å². The number of nitrogens with one attached hydrogen (secondary N) is 1. The second kappa shape index (κ2) is 8.92. The summed E-state index contributed by atoms with van der Waals surface area (Å²) in [6, 6.07) is 8.34. The first-order valence-electron chi connectivity index (χ1n) is 10.9. The highest BCUT2D eigenvalue weighted by atomic mass is 32.1. The van der Waals surface area contributed by atoms with Crippen LogP contribution in [-0.2, 0) is 11.0 Å². The summed E-state index contributed by atoms with van der Waals surface area (Å²) in [5.74, 6) is -1.95. The number of halogens is 4. The molecule has 6 nitrogen and oxygen atoms in total. The zero-order valence-corrected chi connectivity index (χ0v) is 19.4. The van der Waals surface area contributed by atoms with E-state index in [0.717, 1.165) is 29.5 Å². The smallest absolute Gasteiger partial charge is 0.355 e. The molecular weight excluding hydrogens is 484 g/mol. The van der Waals surface area contributed by atoms with Crippen molar-refractivity contribution in [1.82, 2.24) is 5.32 Å². The molecule has 0 atom stereocenters. The number of nitrogens with zero attached hydrogens (tertiary/aromatic N) is 3. The second-order valence-corrected chi connectivity index (χ2v) is 8.80. The van der Waals surface area contributed by atoms with E-state index >= 15 is 0 Å². The van der Waals surface area contributed by atoms with Crippen molar-refractivity contribution in [2.45, 2.75) is 43.8 Å². The lowest BCUT2D eigenvalue weighted by Crippen LogP contribution is -2.51. The molecule has 2 amide bonds. The van der Waals surface area contributed by atoms with Crippen molar-refractivity contribution in [3.05, 3.63) is 58.9 Å².